The van der Waals surface area contributed by atoms with Gasteiger partial charge in [0.15, 0.2) is 0 Å². The van der Waals surface area contributed by atoms with Gasteiger partial charge in [0.05, 0.1) is 0 Å². The zero-order chi connectivity index (χ0) is 14.8. The number of hydrogen-bond acceptors (Lipinski definition) is 3. The van der Waals surface area contributed by atoms with E-state index in [9.17, 15) is 4.79 Å². The van der Waals surface area contributed by atoms with Gasteiger partial charge in [0.1, 0.15) is 4.32 Å². The van der Waals surface area contributed by atoms with E-state index in [-0.39, 0.29) is 5.91 Å². The highest BCUT2D eigenvalue weighted by Crippen LogP contribution is 2.18. The highest BCUT2D eigenvalue weighted by molar-refractivity contribution is 8.23. The van der Waals surface area contributed by atoms with E-state index >= 15 is 0 Å². The van der Waals surface area contributed by atoms with Crippen LogP contribution in [0.2, 0.25) is 0 Å². The van der Waals surface area contributed by atoms with E-state index in [4.69, 9.17) is 12.2 Å². The minimum absolute atomic E-state index is 0.0459. The Morgan fingerprint density at radius 2 is 1.90 bits per heavy atom. The minimum atomic E-state index is 0.0459. The van der Waals surface area contributed by atoms with Gasteiger partial charge in [-0.25, -0.2) is 0 Å². The van der Waals surface area contributed by atoms with Crippen molar-refractivity contribution in [3.05, 3.63) is 24.3 Å². The molecule has 3 nitrogen and oxygen atoms in total. The molecule has 0 bridgehead atoms. The van der Waals surface area contributed by atoms with E-state index < -0.39 is 0 Å². The standard InChI is InChI=1S/C15H22N2OS2/c1-3-5-10-20-15(19)17-13-9-6-8-12(11-13)16-14(18)7-4-2/h6,8-9,11H,3-5,7,10H2,1-2H3,(H,16,18)(H,17,19). The van der Waals surface area contributed by atoms with Crippen LogP contribution in [-0.2, 0) is 4.79 Å². The van der Waals surface area contributed by atoms with Gasteiger partial charge in [-0.1, -0.05) is 50.3 Å². The Bertz CT molecular complexity index is 449. The van der Waals surface area contributed by atoms with E-state index in [0.29, 0.717) is 6.42 Å². The van der Waals surface area contributed by atoms with Gasteiger partial charge in [0, 0.05) is 23.5 Å². The van der Waals surface area contributed by atoms with Crippen molar-refractivity contribution >= 4 is 45.6 Å². The molecule has 1 aromatic rings. The van der Waals surface area contributed by atoms with Crippen molar-refractivity contribution in [3.8, 4) is 0 Å². The van der Waals surface area contributed by atoms with Crippen LogP contribution in [0.5, 0.6) is 0 Å². The monoisotopic (exact) mass is 310 g/mol. The molecule has 0 unspecified atom stereocenters. The molecule has 0 aromatic heterocycles. The van der Waals surface area contributed by atoms with Crippen LogP contribution < -0.4 is 10.6 Å². The number of benzene rings is 1. The molecule has 0 saturated carbocycles. The summed E-state index contributed by atoms with van der Waals surface area (Å²) in [6.45, 7) is 4.16. The van der Waals surface area contributed by atoms with Crippen molar-refractivity contribution in [3.63, 3.8) is 0 Å². The van der Waals surface area contributed by atoms with Crippen molar-refractivity contribution in [2.45, 2.75) is 39.5 Å². The van der Waals surface area contributed by atoms with Crippen LogP contribution in [0, 0.1) is 0 Å². The summed E-state index contributed by atoms with van der Waals surface area (Å²) in [5.74, 6) is 1.08. The first-order valence-corrected chi connectivity index (χ1v) is 8.38. The number of nitrogens with one attached hydrogen (secondary N) is 2. The van der Waals surface area contributed by atoms with Crippen molar-refractivity contribution < 1.29 is 4.79 Å². The van der Waals surface area contributed by atoms with Gasteiger partial charge in [-0.05, 0) is 31.0 Å². The summed E-state index contributed by atoms with van der Waals surface area (Å²) in [5.41, 5.74) is 1.71. The van der Waals surface area contributed by atoms with Crippen LogP contribution in [0.1, 0.15) is 39.5 Å². The second kappa shape index (κ2) is 9.77. The molecule has 0 atom stereocenters. The minimum Gasteiger partial charge on any atom is -0.341 e. The third kappa shape index (κ3) is 6.91. The van der Waals surface area contributed by atoms with Crippen LogP contribution in [0.15, 0.2) is 24.3 Å². The molecule has 5 heteroatoms. The number of hydrogen-bond donors (Lipinski definition) is 2. The quantitative estimate of drug-likeness (QED) is 0.568. The van der Waals surface area contributed by atoms with E-state index in [1.165, 1.54) is 12.8 Å². The third-order valence-electron chi connectivity index (χ3n) is 2.60. The van der Waals surface area contributed by atoms with Crippen molar-refractivity contribution in [2.75, 3.05) is 16.4 Å². The molecular formula is C15H22N2OS2. The van der Waals surface area contributed by atoms with Crippen LogP contribution in [-0.4, -0.2) is 16.0 Å². The molecule has 0 heterocycles. The van der Waals surface area contributed by atoms with Crippen molar-refractivity contribution in [1.82, 2.24) is 0 Å². The lowest BCUT2D eigenvalue weighted by molar-refractivity contribution is -0.116. The fourth-order valence-corrected chi connectivity index (χ4v) is 2.76. The number of thiocarbonyl (C=S) groups is 1. The number of rotatable bonds is 7. The second-order valence-corrected chi connectivity index (χ2v) is 6.27. The van der Waals surface area contributed by atoms with Crippen LogP contribution in [0.3, 0.4) is 0 Å². The Balaban J connectivity index is 2.50. The Morgan fingerprint density at radius 3 is 2.55 bits per heavy atom. The first kappa shape index (κ1) is 17.0. The number of carbonyl (C=O) groups excluding carboxylic acids is 1. The number of amides is 1. The third-order valence-corrected chi connectivity index (χ3v) is 3.91. The number of anilines is 2. The lowest BCUT2D eigenvalue weighted by Crippen LogP contribution is -2.11. The van der Waals surface area contributed by atoms with E-state index in [2.05, 4.69) is 17.6 Å². The van der Waals surface area contributed by atoms with Gasteiger partial charge in [-0.3, -0.25) is 4.79 Å². The molecule has 0 radical (unpaired) electrons. The highest BCUT2D eigenvalue weighted by atomic mass is 32.2. The molecule has 0 aliphatic rings. The topological polar surface area (TPSA) is 41.1 Å². The summed E-state index contributed by atoms with van der Waals surface area (Å²) >= 11 is 6.94. The number of unbranched alkanes of at least 4 members (excludes halogenated alkanes) is 1. The van der Waals surface area contributed by atoms with Crippen molar-refractivity contribution in [2.24, 2.45) is 0 Å². The maximum Gasteiger partial charge on any atom is 0.224 e. The van der Waals surface area contributed by atoms with Crippen LogP contribution in [0.4, 0.5) is 11.4 Å². The van der Waals surface area contributed by atoms with E-state index in [1.54, 1.807) is 11.8 Å². The Morgan fingerprint density at radius 1 is 1.20 bits per heavy atom. The Hall–Kier alpha value is -1.07. The lowest BCUT2D eigenvalue weighted by Gasteiger charge is -2.10. The van der Waals surface area contributed by atoms with Gasteiger partial charge in [-0.2, -0.15) is 0 Å². The SMILES string of the molecule is CCCCSC(=S)Nc1cccc(NC(=O)CCC)c1. The summed E-state index contributed by atoms with van der Waals surface area (Å²) in [4.78, 5) is 11.6. The average molecular weight is 310 g/mol. The molecule has 2 N–H and O–H groups in total. The van der Waals surface area contributed by atoms with Gasteiger partial charge >= 0.3 is 0 Å². The van der Waals surface area contributed by atoms with Gasteiger partial charge in [0.25, 0.3) is 0 Å². The Kier molecular flexibility index (Phi) is 8.30. The molecule has 1 aromatic carbocycles. The summed E-state index contributed by atoms with van der Waals surface area (Å²) in [5, 5.41) is 6.07. The fraction of sp³-hybridized carbons (Fsp3) is 0.467. The molecule has 0 aliphatic heterocycles. The van der Waals surface area contributed by atoms with E-state index in [1.807, 2.05) is 31.2 Å². The van der Waals surface area contributed by atoms with Crippen LogP contribution in [0.25, 0.3) is 0 Å². The molecule has 20 heavy (non-hydrogen) atoms. The summed E-state index contributed by atoms with van der Waals surface area (Å²) < 4.78 is 0.774. The highest BCUT2D eigenvalue weighted by Gasteiger charge is 2.03. The molecule has 0 aliphatic carbocycles. The normalized spacial score (nSPS) is 10.1. The maximum absolute atomic E-state index is 11.6. The lowest BCUT2D eigenvalue weighted by atomic mass is 10.2. The smallest absolute Gasteiger partial charge is 0.224 e. The second-order valence-electron chi connectivity index (χ2n) is 4.49. The summed E-state index contributed by atoms with van der Waals surface area (Å²) in [6, 6.07) is 7.64. The van der Waals surface area contributed by atoms with Crippen LogP contribution >= 0.6 is 24.0 Å². The number of carbonyl (C=O) groups is 1. The van der Waals surface area contributed by atoms with Gasteiger partial charge in [0.2, 0.25) is 5.91 Å². The Labute approximate surface area is 130 Å². The zero-order valence-corrected chi connectivity index (χ0v) is 13.7. The predicted octanol–water partition coefficient (Wildman–Crippen LogP) is 4.66. The molecule has 1 rings (SSSR count). The fourth-order valence-electron chi connectivity index (χ4n) is 1.59. The largest absolute Gasteiger partial charge is 0.341 e. The predicted molar refractivity (Wildman–Crippen MR) is 93.6 cm³/mol. The maximum atomic E-state index is 11.6. The molecule has 0 fully saturated rings. The molecular weight excluding hydrogens is 288 g/mol. The molecule has 110 valence electrons. The van der Waals surface area contributed by atoms with Gasteiger partial charge < -0.3 is 10.6 Å². The summed E-state index contributed by atoms with van der Waals surface area (Å²) in [7, 11) is 0. The molecule has 1 amide bonds. The number of thioether (sulfide) groups is 1. The summed E-state index contributed by atoms with van der Waals surface area (Å²) in [6.07, 6.45) is 3.74. The van der Waals surface area contributed by atoms with Gasteiger partial charge in [-0.15, -0.1) is 0 Å². The first-order valence-electron chi connectivity index (χ1n) is 6.99. The average Bonchev–Trinajstić information content (AvgIpc) is 2.39. The molecule has 0 spiro atoms. The first-order chi connectivity index (χ1) is 9.65. The van der Waals surface area contributed by atoms with Crippen molar-refractivity contribution in [1.29, 1.82) is 0 Å². The zero-order valence-electron chi connectivity index (χ0n) is 12.1. The van der Waals surface area contributed by atoms with E-state index in [0.717, 1.165) is 27.9 Å². The molecule has 0 saturated heterocycles.